The smallest absolute Gasteiger partial charge is 0.343 e. The van der Waals surface area contributed by atoms with Crippen LogP contribution in [-0.2, 0) is 23.8 Å². The molecule has 12 nitrogen and oxygen atoms in total. The highest BCUT2D eigenvalue weighted by atomic mass is 16.5. The van der Waals surface area contributed by atoms with E-state index in [0.717, 1.165) is 138 Å². The third-order valence-electron chi connectivity index (χ3n) is 12.1. The molecule has 0 aliphatic rings. The summed E-state index contributed by atoms with van der Waals surface area (Å²) in [5, 5.41) is 2.32. The number of fused-ring (bicyclic) bond motifs is 1. The Morgan fingerprint density at radius 3 is 1.45 bits per heavy atom. The van der Waals surface area contributed by atoms with Crippen LogP contribution in [0.25, 0.3) is 10.8 Å². The summed E-state index contributed by atoms with van der Waals surface area (Å²) in [6, 6.07) is 31.9. The third-order valence-corrected chi connectivity index (χ3v) is 12.1. The molecule has 0 saturated carbocycles. The van der Waals surface area contributed by atoms with Crippen LogP contribution in [0.5, 0.6) is 28.7 Å². The van der Waals surface area contributed by atoms with Crippen LogP contribution < -0.4 is 23.7 Å². The maximum absolute atomic E-state index is 13.2. The van der Waals surface area contributed by atoms with Crippen LogP contribution in [0.4, 0.5) is 0 Å². The van der Waals surface area contributed by atoms with Gasteiger partial charge in [0, 0.05) is 17.7 Å². The van der Waals surface area contributed by atoms with Crippen LogP contribution in [0.1, 0.15) is 155 Å². The molecule has 5 aromatic rings. The molecule has 0 aromatic heterocycles. The van der Waals surface area contributed by atoms with E-state index in [0.29, 0.717) is 63.3 Å². The number of hydrogen-bond acceptors (Lipinski definition) is 12. The average Bonchev–Trinajstić information content (AvgIpc) is 3.45. The monoisotopic (exact) mass is 1050 g/mol. The lowest BCUT2D eigenvalue weighted by atomic mass is 10.1. The SMILES string of the molecule is C=CC(=O)OCCCCCCOc1ccc(C(=O)Oc2ccc(OCCCCCCOc3ccc(C)cc3)c(C(=O)OCCCCCCC)c2)cc1.C=CC(=O)OCCCCCCOc1ccc2cc(C#CC)ccc2c1. The first-order valence-corrected chi connectivity index (χ1v) is 27.4. The van der Waals surface area contributed by atoms with Gasteiger partial charge < -0.3 is 37.9 Å². The van der Waals surface area contributed by atoms with E-state index in [1.807, 2.05) is 43.3 Å². The highest BCUT2D eigenvalue weighted by Gasteiger charge is 2.18. The van der Waals surface area contributed by atoms with Crippen LogP contribution in [0.2, 0.25) is 0 Å². The molecular weight excluding hydrogens is 973 g/mol. The van der Waals surface area contributed by atoms with Crippen molar-refractivity contribution < 1.29 is 57.1 Å². The summed E-state index contributed by atoms with van der Waals surface area (Å²) in [5.41, 5.74) is 2.81. The van der Waals surface area contributed by atoms with Crippen molar-refractivity contribution in [3.8, 4) is 40.6 Å². The molecule has 0 saturated heterocycles. The summed E-state index contributed by atoms with van der Waals surface area (Å²) in [6.07, 6.45) is 18.7. The van der Waals surface area contributed by atoms with Crippen molar-refractivity contribution in [3.05, 3.63) is 151 Å². The van der Waals surface area contributed by atoms with Gasteiger partial charge in [0.05, 0.1) is 51.8 Å². The lowest BCUT2D eigenvalue weighted by molar-refractivity contribution is -0.138. The van der Waals surface area contributed by atoms with E-state index in [9.17, 15) is 19.2 Å². The van der Waals surface area contributed by atoms with E-state index in [2.05, 4.69) is 63.1 Å². The Kier molecular flexibility index (Phi) is 30.7. The van der Waals surface area contributed by atoms with E-state index >= 15 is 0 Å². The molecule has 12 heteroatoms. The first-order valence-electron chi connectivity index (χ1n) is 27.4. The number of aryl methyl sites for hydroxylation is 1. The van der Waals surface area contributed by atoms with E-state index in [1.165, 1.54) is 23.1 Å². The topological polar surface area (TPSA) is 142 Å². The molecule has 0 N–H and O–H groups in total. The normalized spacial score (nSPS) is 10.4. The van der Waals surface area contributed by atoms with E-state index in [1.54, 1.807) is 36.4 Å². The van der Waals surface area contributed by atoms with Crippen molar-refractivity contribution in [1.82, 2.24) is 0 Å². The maximum atomic E-state index is 13.2. The predicted molar refractivity (Wildman–Crippen MR) is 304 cm³/mol. The highest BCUT2D eigenvalue weighted by Crippen LogP contribution is 2.28. The molecule has 0 heterocycles. The molecular formula is C65H80O12. The standard InChI is InChI=1S/C43H56O9.C22H24O3/c1-4-6-7-8-17-32-51-43(46)39-33-38(26-27-40(39)49-30-15-11-9-13-28-47-36-22-18-34(3)19-23-36)52-42(45)35-20-24-37(25-21-35)48-29-14-10-12-16-31-50-41(44)5-2;1-3-9-18-10-11-20-17-21(13-12-19(20)16-18)24-14-7-5-6-8-15-25-22(23)4-2/h5,18-27,33H,2,4,6-17,28-32H2,1,3H3;4,10-13,16-17H,2,5-8,14-15H2,1H3. The van der Waals surface area contributed by atoms with Crippen LogP contribution in [-0.4, -0.2) is 70.1 Å². The van der Waals surface area contributed by atoms with Crippen LogP contribution in [0.15, 0.2) is 128 Å². The molecule has 0 radical (unpaired) electrons. The minimum atomic E-state index is -0.557. The third kappa shape index (κ3) is 26.2. The minimum absolute atomic E-state index is 0.223. The van der Waals surface area contributed by atoms with Gasteiger partial charge in [-0.05, 0) is 187 Å². The Morgan fingerprint density at radius 2 is 0.909 bits per heavy atom. The van der Waals surface area contributed by atoms with Crippen molar-refractivity contribution in [1.29, 1.82) is 0 Å². The summed E-state index contributed by atoms with van der Waals surface area (Å²) >= 11 is 0. The summed E-state index contributed by atoms with van der Waals surface area (Å²) in [4.78, 5) is 48.1. The zero-order chi connectivity index (χ0) is 55.1. The molecule has 412 valence electrons. The van der Waals surface area contributed by atoms with Crippen molar-refractivity contribution in [3.63, 3.8) is 0 Å². The number of unbranched alkanes of at least 4 members (excludes halogenated alkanes) is 13. The zero-order valence-corrected chi connectivity index (χ0v) is 45.8. The zero-order valence-electron chi connectivity index (χ0n) is 45.8. The van der Waals surface area contributed by atoms with E-state index < -0.39 is 17.9 Å². The summed E-state index contributed by atoms with van der Waals surface area (Å²) in [5.74, 6) is 7.22. The first-order chi connectivity index (χ1) is 37.6. The molecule has 0 aliphatic heterocycles. The Balaban J connectivity index is 0.000000426. The van der Waals surface area contributed by atoms with Gasteiger partial charge in [0.25, 0.3) is 0 Å². The largest absolute Gasteiger partial charge is 0.494 e. The van der Waals surface area contributed by atoms with Crippen molar-refractivity contribution in [2.45, 2.75) is 130 Å². The predicted octanol–water partition coefficient (Wildman–Crippen LogP) is 14.9. The number of hydrogen-bond donors (Lipinski definition) is 0. The van der Waals surface area contributed by atoms with Gasteiger partial charge in [-0.2, -0.15) is 0 Å². The summed E-state index contributed by atoms with van der Waals surface area (Å²) < 4.78 is 44.6. The second-order valence-corrected chi connectivity index (χ2v) is 18.4. The van der Waals surface area contributed by atoms with Gasteiger partial charge in [-0.1, -0.05) is 81.5 Å². The first kappa shape index (κ1) is 62.0. The molecule has 0 aliphatic carbocycles. The van der Waals surface area contributed by atoms with Crippen LogP contribution >= 0.6 is 0 Å². The van der Waals surface area contributed by atoms with Crippen molar-refractivity contribution in [2.24, 2.45) is 0 Å². The van der Waals surface area contributed by atoms with E-state index in [-0.39, 0.29) is 17.3 Å². The summed E-state index contributed by atoms with van der Waals surface area (Å²) in [6.45, 7) is 16.3. The number of rotatable bonds is 36. The van der Waals surface area contributed by atoms with E-state index in [4.69, 9.17) is 37.9 Å². The number of benzene rings is 5. The number of ether oxygens (including phenoxy) is 8. The Labute approximate surface area is 457 Å². The van der Waals surface area contributed by atoms with Gasteiger partial charge in [0.15, 0.2) is 0 Å². The van der Waals surface area contributed by atoms with Gasteiger partial charge in [-0.15, -0.1) is 5.92 Å². The second-order valence-electron chi connectivity index (χ2n) is 18.4. The lowest BCUT2D eigenvalue weighted by Crippen LogP contribution is -2.12. The van der Waals surface area contributed by atoms with Gasteiger partial charge in [-0.3, -0.25) is 0 Å². The molecule has 5 rings (SSSR count). The molecule has 0 fully saturated rings. The van der Waals surface area contributed by atoms with Crippen LogP contribution in [0, 0.1) is 18.8 Å². The quantitative estimate of drug-likeness (QED) is 0.00941. The fourth-order valence-corrected chi connectivity index (χ4v) is 7.72. The molecule has 0 spiro atoms. The fraction of sp³-hybridized carbons (Fsp3) is 0.415. The maximum Gasteiger partial charge on any atom is 0.343 e. The minimum Gasteiger partial charge on any atom is -0.494 e. The highest BCUT2D eigenvalue weighted by molar-refractivity contribution is 5.94. The fourth-order valence-electron chi connectivity index (χ4n) is 7.72. The van der Waals surface area contributed by atoms with Crippen molar-refractivity contribution in [2.75, 3.05) is 46.2 Å². The molecule has 0 bridgehead atoms. The van der Waals surface area contributed by atoms with Gasteiger partial charge in [0.2, 0.25) is 0 Å². The molecule has 0 amide bonds. The van der Waals surface area contributed by atoms with Gasteiger partial charge in [0.1, 0.15) is 34.3 Å². The Hall–Kier alpha value is -7.52. The van der Waals surface area contributed by atoms with Crippen LogP contribution in [0.3, 0.4) is 0 Å². The second kappa shape index (κ2) is 38.1. The Bertz CT molecular complexity index is 2610. The van der Waals surface area contributed by atoms with Gasteiger partial charge in [-0.25, -0.2) is 19.2 Å². The molecule has 0 unspecified atom stereocenters. The number of carbonyl (C=O) groups is 4. The molecule has 5 aromatic carbocycles. The molecule has 77 heavy (non-hydrogen) atoms. The van der Waals surface area contributed by atoms with Gasteiger partial charge >= 0.3 is 23.9 Å². The van der Waals surface area contributed by atoms with Crippen molar-refractivity contribution >= 4 is 34.6 Å². The lowest BCUT2D eigenvalue weighted by Gasteiger charge is -2.13. The molecule has 0 atom stereocenters. The summed E-state index contributed by atoms with van der Waals surface area (Å²) in [7, 11) is 0. The number of esters is 4. The average molecular weight is 1050 g/mol. The Morgan fingerprint density at radius 1 is 0.455 bits per heavy atom. The number of carbonyl (C=O) groups excluding carboxylic acids is 4.